The Balaban J connectivity index is 3.01. The van der Waals surface area contributed by atoms with E-state index in [1.807, 2.05) is 13.0 Å². The van der Waals surface area contributed by atoms with E-state index >= 15 is 0 Å². The van der Waals surface area contributed by atoms with E-state index in [0.29, 0.717) is 5.15 Å². The average Bonchev–Trinajstić information content (AvgIpc) is 2.03. The lowest BCUT2D eigenvalue weighted by atomic mass is 10.0. The van der Waals surface area contributed by atoms with Crippen molar-refractivity contribution in [2.45, 2.75) is 26.3 Å². The van der Waals surface area contributed by atoms with Gasteiger partial charge < -0.3 is 5.73 Å². The van der Waals surface area contributed by atoms with Gasteiger partial charge in [0, 0.05) is 12.2 Å². The van der Waals surface area contributed by atoms with Gasteiger partial charge in [-0.2, -0.15) is 0 Å². The summed E-state index contributed by atoms with van der Waals surface area (Å²) in [6.07, 6.45) is 2.68. The molecule has 0 saturated carbocycles. The van der Waals surface area contributed by atoms with Crippen molar-refractivity contribution in [3.63, 3.8) is 0 Å². The number of hydrogen-bond acceptors (Lipinski definition) is 2. The van der Waals surface area contributed by atoms with E-state index in [2.05, 4.69) is 11.9 Å². The van der Waals surface area contributed by atoms with Crippen LogP contribution in [0, 0.1) is 6.92 Å². The van der Waals surface area contributed by atoms with Crippen molar-refractivity contribution < 1.29 is 0 Å². The Labute approximate surface area is 77.8 Å². The maximum absolute atomic E-state index is 5.86. The van der Waals surface area contributed by atoms with Gasteiger partial charge in [0.2, 0.25) is 0 Å². The van der Waals surface area contributed by atoms with Crippen molar-refractivity contribution in [1.82, 2.24) is 4.98 Å². The van der Waals surface area contributed by atoms with Gasteiger partial charge in [-0.1, -0.05) is 18.5 Å². The van der Waals surface area contributed by atoms with Crippen LogP contribution in [0.25, 0.3) is 0 Å². The fraction of sp³-hybridized carbons (Fsp3) is 0.444. The lowest BCUT2D eigenvalue weighted by Gasteiger charge is -2.11. The first-order valence-corrected chi connectivity index (χ1v) is 4.40. The molecule has 1 aromatic heterocycles. The Morgan fingerprint density at radius 2 is 2.33 bits per heavy atom. The first-order chi connectivity index (χ1) is 5.65. The van der Waals surface area contributed by atoms with E-state index in [4.69, 9.17) is 17.3 Å². The van der Waals surface area contributed by atoms with Crippen LogP contribution in [0.1, 0.15) is 30.5 Å². The fourth-order valence-corrected chi connectivity index (χ4v) is 1.35. The van der Waals surface area contributed by atoms with Crippen LogP contribution in [0.15, 0.2) is 12.3 Å². The molecule has 0 aliphatic heterocycles. The molecule has 2 nitrogen and oxygen atoms in total. The highest BCUT2D eigenvalue weighted by atomic mass is 35.5. The highest BCUT2D eigenvalue weighted by Crippen LogP contribution is 2.19. The lowest BCUT2D eigenvalue weighted by molar-refractivity contribution is 0.690. The predicted octanol–water partition coefficient (Wildman–Crippen LogP) is 2.45. The van der Waals surface area contributed by atoms with Crippen LogP contribution < -0.4 is 5.73 Å². The predicted molar refractivity (Wildman–Crippen MR) is 51.2 cm³/mol. The smallest absolute Gasteiger partial charge is 0.129 e. The van der Waals surface area contributed by atoms with Gasteiger partial charge in [0.1, 0.15) is 5.15 Å². The normalized spacial score (nSPS) is 13.0. The minimum Gasteiger partial charge on any atom is -0.324 e. The lowest BCUT2D eigenvalue weighted by Crippen LogP contribution is -2.10. The van der Waals surface area contributed by atoms with Crippen molar-refractivity contribution in [1.29, 1.82) is 0 Å². The summed E-state index contributed by atoms with van der Waals surface area (Å²) in [5.74, 6) is 0. The molecule has 1 aromatic rings. The van der Waals surface area contributed by atoms with Crippen LogP contribution in [0.5, 0.6) is 0 Å². The van der Waals surface area contributed by atoms with Gasteiger partial charge in [-0.3, -0.25) is 0 Å². The van der Waals surface area contributed by atoms with Crippen LogP contribution >= 0.6 is 11.6 Å². The van der Waals surface area contributed by atoms with Crippen LogP contribution in [0.3, 0.4) is 0 Å². The molecule has 1 heterocycles. The number of aromatic nitrogens is 1. The topological polar surface area (TPSA) is 38.9 Å². The number of nitrogens with zero attached hydrogens (tertiary/aromatic N) is 1. The molecule has 0 aliphatic rings. The monoisotopic (exact) mass is 184 g/mol. The Bertz CT molecular complexity index is 273. The van der Waals surface area contributed by atoms with Gasteiger partial charge in [-0.05, 0) is 30.5 Å². The Kier molecular flexibility index (Phi) is 3.06. The van der Waals surface area contributed by atoms with E-state index in [0.717, 1.165) is 17.5 Å². The summed E-state index contributed by atoms with van der Waals surface area (Å²) in [5, 5.41) is 0.527. The molecule has 2 N–H and O–H groups in total. The molecule has 1 atom stereocenters. The molecule has 3 heteroatoms. The van der Waals surface area contributed by atoms with E-state index in [1.54, 1.807) is 6.20 Å². The van der Waals surface area contributed by atoms with Gasteiger partial charge >= 0.3 is 0 Å². The zero-order valence-corrected chi connectivity index (χ0v) is 8.10. The molecule has 0 radical (unpaired) electrons. The van der Waals surface area contributed by atoms with E-state index < -0.39 is 0 Å². The van der Waals surface area contributed by atoms with Gasteiger partial charge in [0.05, 0.1) is 0 Å². The molecule has 0 fully saturated rings. The minimum atomic E-state index is 0.0785. The molecular formula is C9H13ClN2. The Morgan fingerprint density at radius 1 is 1.67 bits per heavy atom. The van der Waals surface area contributed by atoms with E-state index in [-0.39, 0.29) is 6.04 Å². The maximum Gasteiger partial charge on any atom is 0.129 e. The summed E-state index contributed by atoms with van der Waals surface area (Å²) in [6.45, 7) is 4.05. The summed E-state index contributed by atoms with van der Waals surface area (Å²) in [4.78, 5) is 3.99. The van der Waals surface area contributed by atoms with Gasteiger partial charge in [0.25, 0.3) is 0 Å². The highest BCUT2D eigenvalue weighted by Gasteiger charge is 2.06. The summed E-state index contributed by atoms with van der Waals surface area (Å²) in [5.41, 5.74) is 8.06. The maximum atomic E-state index is 5.86. The van der Waals surface area contributed by atoms with Crippen LogP contribution in [-0.4, -0.2) is 4.98 Å². The number of aryl methyl sites for hydroxylation is 1. The first-order valence-electron chi connectivity index (χ1n) is 4.02. The van der Waals surface area contributed by atoms with Gasteiger partial charge in [0.15, 0.2) is 0 Å². The molecule has 12 heavy (non-hydrogen) atoms. The molecule has 0 unspecified atom stereocenters. The minimum absolute atomic E-state index is 0.0785. The van der Waals surface area contributed by atoms with Crippen LogP contribution in [-0.2, 0) is 0 Å². The Morgan fingerprint density at radius 3 is 2.83 bits per heavy atom. The number of halogens is 1. The largest absolute Gasteiger partial charge is 0.324 e. The third kappa shape index (κ3) is 1.96. The fourth-order valence-electron chi connectivity index (χ4n) is 1.14. The van der Waals surface area contributed by atoms with Crippen molar-refractivity contribution in [2.75, 3.05) is 0 Å². The number of nitrogens with two attached hydrogens (primary N) is 1. The molecule has 0 aliphatic carbocycles. The van der Waals surface area contributed by atoms with E-state index in [1.165, 1.54) is 0 Å². The highest BCUT2D eigenvalue weighted by molar-refractivity contribution is 6.29. The third-order valence-electron chi connectivity index (χ3n) is 1.96. The van der Waals surface area contributed by atoms with Crippen molar-refractivity contribution in [3.05, 3.63) is 28.5 Å². The van der Waals surface area contributed by atoms with Crippen molar-refractivity contribution in [2.24, 2.45) is 5.73 Å². The second-order valence-corrected chi connectivity index (χ2v) is 3.27. The van der Waals surface area contributed by atoms with Crippen LogP contribution in [0.2, 0.25) is 5.15 Å². The number of hydrogen-bond donors (Lipinski definition) is 1. The third-order valence-corrected chi connectivity index (χ3v) is 2.16. The SMILES string of the molecule is CC[C@H](N)c1cnc(Cl)cc1C. The van der Waals surface area contributed by atoms with E-state index in [9.17, 15) is 0 Å². The molecule has 0 amide bonds. The zero-order chi connectivity index (χ0) is 9.14. The summed E-state index contributed by atoms with van der Waals surface area (Å²) in [6, 6.07) is 1.92. The first kappa shape index (κ1) is 9.49. The average molecular weight is 185 g/mol. The van der Waals surface area contributed by atoms with Crippen molar-refractivity contribution in [3.8, 4) is 0 Å². The Hall–Kier alpha value is -0.600. The zero-order valence-electron chi connectivity index (χ0n) is 7.34. The molecule has 0 aromatic carbocycles. The summed E-state index contributed by atoms with van der Waals surface area (Å²) < 4.78 is 0. The van der Waals surface area contributed by atoms with Crippen LogP contribution in [0.4, 0.5) is 0 Å². The standard InChI is InChI=1S/C9H13ClN2/c1-3-8(11)7-5-12-9(10)4-6(7)2/h4-5,8H,3,11H2,1-2H3/t8-/m0/s1. The van der Waals surface area contributed by atoms with Crippen molar-refractivity contribution >= 4 is 11.6 Å². The second kappa shape index (κ2) is 3.87. The summed E-state index contributed by atoms with van der Waals surface area (Å²) in [7, 11) is 0. The molecule has 0 bridgehead atoms. The molecule has 0 spiro atoms. The summed E-state index contributed by atoms with van der Waals surface area (Å²) >= 11 is 5.71. The molecule has 1 rings (SSSR count). The van der Waals surface area contributed by atoms with Gasteiger partial charge in [-0.15, -0.1) is 0 Å². The second-order valence-electron chi connectivity index (χ2n) is 2.88. The molecular weight excluding hydrogens is 172 g/mol. The molecule has 66 valence electrons. The quantitative estimate of drug-likeness (QED) is 0.718. The molecule has 0 saturated heterocycles. The number of rotatable bonds is 2. The number of pyridine rings is 1. The van der Waals surface area contributed by atoms with Gasteiger partial charge in [-0.25, -0.2) is 4.98 Å².